The van der Waals surface area contributed by atoms with Crippen LogP contribution in [-0.4, -0.2) is 12.4 Å². The third kappa shape index (κ3) is 4.29. The molecular weight excluding hydrogens is 263 g/mol. The van der Waals surface area contributed by atoms with Gasteiger partial charge in [-0.25, -0.2) is 4.39 Å². The van der Waals surface area contributed by atoms with Crippen LogP contribution in [0, 0.1) is 11.2 Å². The van der Waals surface area contributed by atoms with E-state index in [1.54, 1.807) is 6.07 Å². The summed E-state index contributed by atoms with van der Waals surface area (Å²) in [6, 6.07) is 4.26. The minimum atomic E-state index is -0.334. The van der Waals surface area contributed by atoms with Gasteiger partial charge >= 0.3 is 0 Å². The van der Waals surface area contributed by atoms with E-state index >= 15 is 0 Å². The molecule has 0 heterocycles. The zero-order chi connectivity index (χ0) is 11.3. The van der Waals surface area contributed by atoms with Crippen LogP contribution in [0.2, 0.25) is 0 Å². The van der Waals surface area contributed by atoms with Crippen molar-refractivity contribution in [2.45, 2.75) is 12.8 Å². The molecule has 0 amide bonds. The van der Waals surface area contributed by atoms with E-state index in [9.17, 15) is 4.39 Å². The molecule has 0 fully saturated rings. The molecule has 0 aliphatic carbocycles. The first-order valence-electron chi connectivity index (χ1n) is 4.50. The maximum atomic E-state index is 12.8. The Kier molecular flexibility index (Phi) is 4.55. The van der Waals surface area contributed by atoms with Gasteiger partial charge in [-0.15, -0.1) is 0 Å². The lowest BCUT2D eigenvalue weighted by molar-refractivity contribution is 0.310. The van der Waals surface area contributed by atoms with Gasteiger partial charge in [0.25, 0.3) is 0 Å². The smallest absolute Gasteiger partial charge is 0.136 e. The highest BCUT2D eigenvalue weighted by Gasteiger charge is 2.02. The van der Waals surface area contributed by atoms with Gasteiger partial charge in [0, 0.05) is 12.5 Å². The number of halogens is 2. The molecule has 0 atom stereocenters. The van der Waals surface area contributed by atoms with Gasteiger partial charge in [0.15, 0.2) is 0 Å². The molecule has 0 radical (unpaired) electrons. The van der Waals surface area contributed by atoms with Crippen LogP contribution in [0.5, 0.6) is 5.75 Å². The number of nitrogens with two attached hydrogens (primary N) is 1. The first-order chi connectivity index (χ1) is 7.09. The molecule has 0 aromatic heterocycles. The molecule has 0 unspecified atom stereocenters. The van der Waals surface area contributed by atoms with Crippen molar-refractivity contribution in [3.05, 3.63) is 28.5 Å². The van der Waals surface area contributed by atoms with Gasteiger partial charge in [-0.1, -0.05) is 0 Å². The summed E-state index contributed by atoms with van der Waals surface area (Å²) >= 11 is 3.25. The molecule has 5 heteroatoms. The van der Waals surface area contributed by atoms with Crippen molar-refractivity contribution in [1.29, 1.82) is 5.41 Å². The number of rotatable bonds is 5. The minimum absolute atomic E-state index is 0.136. The SMILES string of the molecule is N=C(N)CCCOc1cc(F)ccc1Br. The van der Waals surface area contributed by atoms with Gasteiger partial charge in [0.05, 0.1) is 16.9 Å². The molecular formula is C10H12BrFN2O. The van der Waals surface area contributed by atoms with Crippen LogP contribution in [-0.2, 0) is 0 Å². The topological polar surface area (TPSA) is 59.1 Å². The summed E-state index contributed by atoms with van der Waals surface area (Å²) in [6.45, 7) is 0.418. The lowest BCUT2D eigenvalue weighted by atomic mass is 10.3. The van der Waals surface area contributed by atoms with Gasteiger partial charge in [-0.3, -0.25) is 5.41 Å². The summed E-state index contributed by atoms with van der Waals surface area (Å²) < 4.78 is 18.9. The average Bonchev–Trinajstić information content (AvgIpc) is 2.17. The number of nitrogens with one attached hydrogen (secondary N) is 1. The first kappa shape index (κ1) is 12.0. The average molecular weight is 275 g/mol. The molecule has 1 rings (SSSR count). The zero-order valence-corrected chi connectivity index (χ0v) is 9.68. The van der Waals surface area contributed by atoms with Gasteiger partial charge in [0.2, 0.25) is 0 Å². The monoisotopic (exact) mass is 274 g/mol. The van der Waals surface area contributed by atoms with Crippen molar-refractivity contribution in [2.75, 3.05) is 6.61 Å². The Morgan fingerprint density at radius 1 is 1.53 bits per heavy atom. The molecule has 1 aromatic carbocycles. The molecule has 0 aliphatic heterocycles. The number of benzene rings is 1. The highest BCUT2D eigenvalue weighted by molar-refractivity contribution is 9.10. The van der Waals surface area contributed by atoms with E-state index in [4.69, 9.17) is 15.9 Å². The van der Waals surface area contributed by atoms with Gasteiger partial charge < -0.3 is 10.5 Å². The summed E-state index contributed by atoms with van der Waals surface area (Å²) in [4.78, 5) is 0. The predicted molar refractivity (Wildman–Crippen MR) is 60.7 cm³/mol. The normalized spacial score (nSPS) is 10.0. The molecule has 0 saturated heterocycles. The fraction of sp³-hybridized carbons (Fsp3) is 0.300. The maximum Gasteiger partial charge on any atom is 0.136 e. The number of ether oxygens (including phenoxy) is 1. The van der Waals surface area contributed by atoms with Crippen molar-refractivity contribution >= 4 is 21.8 Å². The van der Waals surface area contributed by atoms with Crippen molar-refractivity contribution in [2.24, 2.45) is 5.73 Å². The van der Waals surface area contributed by atoms with E-state index < -0.39 is 0 Å². The summed E-state index contributed by atoms with van der Waals surface area (Å²) in [6.07, 6.45) is 1.14. The lowest BCUT2D eigenvalue weighted by Gasteiger charge is -2.07. The van der Waals surface area contributed by atoms with Gasteiger partial charge in [-0.2, -0.15) is 0 Å². The van der Waals surface area contributed by atoms with E-state index in [1.165, 1.54) is 12.1 Å². The number of amidine groups is 1. The van der Waals surface area contributed by atoms with E-state index in [-0.39, 0.29) is 11.7 Å². The predicted octanol–water partition coefficient (Wildman–Crippen LogP) is 2.68. The second-order valence-electron chi connectivity index (χ2n) is 3.05. The molecule has 3 N–H and O–H groups in total. The summed E-state index contributed by atoms with van der Waals surface area (Å²) in [5, 5.41) is 7.01. The summed E-state index contributed by atoms with van der Waals surface area (Å²) in [5.74, 6) is 0.273. The quantitative estimate of drug-likeness (QED) is 0.493. The van der Waals surface area contributed by atoms with Crippen molar-refractivity contribution < 1.29 is 9.13 Å². The van der Waals surface area contributed by atoms with Crippen LogP contribution in [0.4, 0.5) is 4.39 Å². The highest BCUT2D eigenvalue weighted by Crippen LogP contribution is 2.25. The first-order valence-corrected chi connectivity index (χ1v) is 5.29. The van der Waals surface area contributed by atoms with Crippen LogP contribution in [0.15, 0.2) is 22.7 Å². The lowest BCUT2D eigenvalue weighted by Crippen LogP contribution is -2.11. The Morgan fingerprint density at radius 3 is 2.93 bits per heavy atom. The maximum absolute atomic E-state index is 12.8. The van der Waals surface area contributed by atoms with Crippen molar-refractivity contribution in [3.63, 3.8) is 0 Å². The second kappa shape index (κ2) is 5.70. The van der Waals surface area contributed by atoms with Gasteiger partial charge in [-0.05, 0) is 34.5 Å². The van der Waals surface area contributed by atoms with E-state index in [0.717, 1.165) is 0 Å². The standard InChI is InChI=1S/C10H12BrFN2O/c11-8-4-3-7(12)6-9(8)15-5-1-2-10(13)14/h3-4,6H,1-2,5H2,(H3,13,14). The number of hydrogen-bond acceptors (Lipinski definition) is 2. The Bertz CT molecular complexity index is 357. The second-order valence-corrected chi connectivity index (χ2v) is 3.91. The van der Waals surface area contributed by atoms with Crippen LogP contribution in [0.25, 0.3) is 0 Å². The Hall–Kier alpha value is -1.10. The zero-order valence-electron chi connectivity index (χ0n) is 8.09. The molecule has 15 heavy (non-hydrogen) atoms. The number of hydrogen-bond donors (Lipinski definition) is 2. The Labute approximate surface area is 96.1 Å². The van der Waals surface area contributed by atoms with Crippen molar-refractivity contribution in [3.8, 4) is 5.75 Å². The van der Waals surface area contributed by atoms with Gasteiger partial charge in [0.1, 0.15) is 11.6 Å². The third-order valence-corrected chi connectivity index (χ3v) is 2.40. The van der Waals surface area contributed by atoms with E-state index in [2.05, 4.69) is 15.9 Å². The van der Waals surface area contributed by atoms with E-state index in [0.29, 0.717) is 29.7 Å². The molecule has 0 spiro atoms. The molecule has 3 nitrogen and oxygen atoms in total. The third-order valence-electron chi connectivity index (χ3n) is 1.74. The molecule has 0 saturated carbocycles. The van der Waals surface area contributed by atoms with Crippen LogP contribution in [0.1, 0.15) is 12.8 Å². The summed E-state index contributed by atoms with van der Waals surface area (Å²) in [5.41, 5.74) is 5.18. The van der Waals surface area contributed by atoms with Crippen LogP contribution >= 0.6 is 15.9 Å². The molecule has 82 valence electrons. The van der Waals surface area contributed by atoms with E-state index in [1.807, 2.05) is 0 Å². The van der Waals surface area contributed by atoms with Crippen LogP contribution in [0.3, 0.4) is 0 Å². The highest BCUT2D eigenvalue weighted by atomic mass is 79.9. The largest absolute Gasteiger partial charge is 0.492 e. The summed E-state index contributed by atoms with van der Waals surface area (Å²) in [7, 11) is 0. The molecule has 0 bridgehead atoms. The molecule has 1 aromatic rings. The fourth-order valence-electron chi connectivity index (χ4n) is 1.03. The Morgan fingerprint density at radius 2 is 2.27 bits per heavy atom. The van der Waals surface area contributed by atoms with Crippen molar-refractivity contribution in [1.82, 2.24) is 0 Å². The Balaban J connectivity index is 2.43. The molecule has 0 aliphatic rings. The van der Waals surface area contributed by atoms with Crippen LogP contribution < -0.4 is 10.5 Å². The minimum Gasteiger partial charge on any atom is -0.492 e. The fourth-order valence-corrected chi connectivity index (χ4v) is 1.39.